The summed E-state index contributed by atoms with van der Waals surface area (Å²) in [7, 11) is 1.20. The number of amides is 1. The minimum atomic E-state index is -1.39. The van der Waals surface area contributed by atoms with E-state index >= 15 is 0 Å². The Kier molecular flexibility index (Phi) is 3.69. The Morgan fingerprint density at radius 3 is 2.33 bits per heavy atom. The second kappa shape index (κ2) is 4.72. The Bertz CT molecular complexity index is 513. The van der Waals surface area contributed by atoms with Crippen molar-refractivity contribution in [3.63, 3.8) is 0 Å². The predicted octanol–water partition coefficient (Wildman–Crippen LogP) is 1.85. The SMILES string of the molecule is COc1ccc(C(=N)C(C)(C)C(N)=O)c(F)c1F. The van der Waals surface area contributed by atoms with Crippen LogP contribution in [0.25, 0.3) is 0 Å². The Labute approximate surface area is 103 Å². The summed E-state index contributed by atoms with van der Waals surface area (Å²) in [5.74, 6) is -3.47. The molecular formula is C12H14F2N2O2. The molecule has 98 valence electrons. The molecule has 1 rings (SSSR count). The third kappa shape index (κ3) is 2.18. The van der Waals surface area contributed by atoms with Crippen molar-refractivity contribution < 1.29 is 18.3 Å². The molecule has 0 heterocycles. The van der Waals surface area contributed by atoms with Gasteiger partial charge < -0.3 is 15.9 Å². The second-order valence-corrected chi connectivity index (χ2v) is 4.31. The smallest absolute Gasteiger partial charge is 0.229 e. The first-order valence-corrected chi connectivity index (χ1v) is 5.14. The molecule has 0 bridgehead atoms. The van der Waals surface area contributed by atoms with E-state index in [1.165, 1.54) is 33.1 Å². The van der Waals surface area contributed by atoms with Crippen LogP contribution in [0.3, 0.4) is 0 Å². The highest BCUT2D eigenvalue weighted by molar-refractivity contribution is 6.14. The maximum absolute atomic E-state index is 13.7. The van der Waals surface area contributed by atoms with Crippen molar-refractivity contribution in [2.45, 2.75) is 13.8 Å². The van der Waals surface area contributed by atoms with Crippen molar-refractivity contribution in [3.05, 3.63) is 29.3 Å². The highest BCUT2D eigenvalue weighted by Gasteiger charge is 2.33. The first-order valence-electron chi connectivity index (χ1n) is 5.14. The minimum Gasteiger partial charge on any atom is -0.494 e. The van der Waals surface area contributed by atoms with Crippen molar-refractivity contribution >= 4 is 11.6 Å². The van der Waals surface area contributed by atoms with E-state index in [0.717, 1.165) is 0 Å². The highest BCUT2D eigenvalue weighted by atomic mass is 19.2. The van der Waals surface area contributed by atoms with E-state index in [9.17, 15) is 13.6 Å². The molecule has 0 aliphatic heterocycles. The number of halogens is 2. The lowest BCUT2D eigenvalue weighted by Gasteiger charge is -2.22. The van der Waals surface area contributed by atoms with Crippen LogP contribution < -0.4 is 10.5 Å². The van der Waals surface area contributed by atoms with Crippen molar-refractivity contribution in [1.82, 2.24) is 0 Å². The van der Waals surface area contributed by atoms with Crippen LogP contribution in [0.5, 0.6) is 5.75 Å². The highest BCUT2D eigenvalue weighted by Crippen LogP contribution is 2.28. The fourth-order valence-corrected chi connectivity index (χ4v) is 1.34. The molecule has 0 aliphatic rings. The summed E-state index contributed by atoms with van der Waals surface area (Å²) in [6.45, 7) is 2.75. The molecular weight excluding hydrogens is 242 g/mol. The third-order valence-corrected chi connectivity index (χ3v) is 2.78. The summed E-state index contributed by atoms with van der Waals surface area (Å²) < 4.78 is 31.9. The Hall–Kier alpha value is -1.98. The minimum absolute atomic E-state index is 0.263. The molecule has 3 N–H and O–H groups in total. The van der Waals surface area contributed by atoms with E-state index in [-0.39, 0.29) is 17.0 Å². The van der Waals surface area contributed by atoms with E-state index < -0.39 is 23.0 Å². The molecule has 4 nitrogen and oxygen atoms in total. The van der Waals surface area contributed by atoms with Crippen molar-refractivity contribution in [1.29, 1.82) is 5.41 Å². The zero-order chi connectivity index (χ0) is 14.1. The zero-order valence-corrected chi connectivity index (χ0v) is 10.3. The molecule has 18 heavy (non-hydrogen) atoms. The number of nitrogens with two attached hydrogens (primary N) is 1. The Morgan fingerprint density at radius 1 is 1.33 bits per heavy atom. The topological polar surface area (TPSA) is 76.2 Å². The van der Waals surface area contributed by atoms with Gasteiger partial charge >= 0.3 is 0 Å². The van der Waals surface area contributed by atoms with Crippen LogP contribution in [-0.4, -0.2) is 18.7 Å². The largest absolute Gasteiger partial charge is 0.494 e. The average molecular weight is 256 g/mol. The van der Waals surface area contributed by atoms with Gasteiger partial charge in [-0.05, 0) is 26.0 Å². The lowest BCUT2D eigenvalue weighted by atomic mass is 9.82. The van der Waals surface area contributed by atoms with Crippen LogP contribution in [0.2, 0.25) is 0 Å². The number of rotatable bonds is 4. The molecule has 0 spiro atoms. The van der Waals surface area contributed by atoms with Gasteiger partial charge in [0.15, 0.2) is 11.6 Å². The number of hydrogen-bond donors (Lipinski definition) is 2. The van der Waals surface area contributed by atoms with Crippen LogP contribution in [0.15, 0.2) is 12.1 Å². The van der Waals surface area contributed by atoms with Gasteiger partial charge in [-0.25, -0.2) is 4.39 Å². The molecule has 0 unspecified atom stereocenters. The number of carbonyl (C=O) groups excluding carboxylic acids is 1. The van der Waals surface area contributed by atoms with Gasteiger partial charge in [0.05, 0.1) is 18.2 Å². The Balaban J connectivity index is 3.32. The summed E-state index contributed by atoms with van der Waals surface area (Å²) in [5.41, 5.74) is 3.06. The van der Waals surface area contributed by atoms with Gasteiger partial charge in [0.1, 0.15) is 0 Å². The number of benzene rings is 1. The molecule has 0 aliphatic carbocycles. The van der Waals surface area contributed by atoms with Crippen LogP contribution in [0, 0.1) is 22.5 Å². The van der Waals surface area contributed by atoms with Gasteiger partial charge in [0, 0.05) is 5.56 Å². The zero-order valence-electron chi connectivity index (χ0n) is 10.3. The van der Waals surface area contributed by atoms with Crippen LogP contribution in [0.1, 0.15) is 19.4 Å². The molecule has 0 atom stereocenters. The molecule has 0 fully saturated rings. The van der Waals surface area contributed by atoms with Crippen molar-refractivity contribution in [3.8, 4) is 5.75 Å². The van der Waals surface area contributed by atoms with Gasteiger partial charge in [0.25, 0.3) is 0 Å². The lowest BCUT2D eigenvalue weighted by Crippen LogP contribution is -2.39. The Morgan fingerprint density at radius 2 is 1.89 bits per heavy atom. The van der Waals surface area contributed by atoms with Gasteiger partial charge in [0.2, 0.25) is 11.7 Å². The molecule has 0 aromatic heterocycles. The van der Waals surface area contributed by atoms with E-state index in [0.29, 0.717) is 0 Å². The fourth-order valence-electron chi connectivity index (χ4n) is 1.34. The first kappa shape index (κ1) is 14.1. The van der Waals surface area contributed by atoms with E-state index in [1.54, 1.807) is 0 Å². The van der Waals surface area contributed by atoms with Crippen LogP contribution in [-0.2, 0) is 4.79 Å². The lowest BCUT2D eigenvalue weighted by molar-refractivity contribution is -0.122. The maximum Gasteiger partial charge on any atom is 0.229 e. The molecule has 0 saturated carbocycles. The molecule has 1 aromatic carbocycles. The summed E-state index contributed by atoms with van der Waals surface area (Å²) in [5, 5.41) is 7.78. The van der Waals surface area contributed by atoms with Gasteiger partial charge in [-0.15, -0.1) is 0 Å². The molecule has 0 saturated heterocycles. The molecule has 1 amide bonds. The van der Waals surface area contributed by atoms with Crippen LogP contribution >= 0.6 is 0 Å². The molecule has 0 radical (unpaired) electrons. The van der Waals surface area contributed by atoms with Crippen molar-refractivity contribution in [2.75, 3.05) is 7.11 Å². The quantitative estimate of drug-likeness (QED) is 0.806. The average Bonchev–Trinajstić information content (AvgIpc) is 2.31. The number of ether oxygens (including phenoxy) is 1. The van der Waals surface area contributed by atoms with Crippen molar-refractivity contribution in [2.24, 2.45) is 11.1 Å². The summed E-state index contributed by atoms with van der Waals surface area (Å²) in [6.07, 6.45) is 0. The number of methoxy groups -OCH3 is 1. The monoisotopic (exact) mass is 256 g/mol. The van der Waals surface area contributed by atoms with E-state index in [1.807, 2.05) is 0 Å². The number of hydrogen-bond acceptors (Lipinski definition) is 3. The molecule has 6 heteroatoms. The van der Waals surface area contributed by atoms with Crippen LogP contribution in [0.4, 0.5) is 8.78 Å². The summed E-state index contributed by atoms with van der Waals surface area (Å²) in [4.78, 5) is 11.2. The normalized spacial score (nSPS) is 11.2. The first-order chi connectivity index (χ1) is 8.23. The summed E-state index contributed by atoms with van der Waals surface area (Å²) >= 11 is 0. The maximum atomic E-state index is 13.7. The van der Waals surface area contributed by atoms with E-state index in [2.05, 4.69) is 4.74 Å². The summed E-state index contributed by atoms with van der Waals surface area (Å²) in [6, 6.07) is 2.38. The fraction of sp³-hybridized carbons (Fsp3) is 0.333. The number of carbonyl (C=O) groups is 1. The second-order valence-electron chi connectivity index (χ2n) is 4.31. The number of nitrogens with one attached hydrogen (secondary N) is 1. The van der Waals surface area contributed by atoms with E-state index in [4.69, 9.17) is 11.1 Å². The third-order valence-electron chi connectivity index (χ3n) is 2.78. The molecule has 1 aromatic rings. The van der Waals surface area contributed by atoms with Gasteiger partial charge in [-0.1, -0.05) is 0 Å². The standard InChI is InChI=1S/C12H14F2N2O2/c1-12(2,11(16)17)10(15)6-4-5-7(18-3)9(14)8(6)13/h4-5,15H,1-3H3,(H2,16,17). The van der Waals surface area contributed by atoms with Gasteiger partial charge in [-0.2, -0.15) is 4.39 Å². The predicted molar refractivity (Wildman–Crippen MR) is 62.7 cm³/mol. The van der Waals surface area contributed by atoms with Gasteiger partial charge in [-0.3, -0.25) is 4.79 Å². The number of primary amides is 1.